The molecule has 3 nitrogen and oxygen atoms in total. The molecule has 0 unspecified atom stereocenters. The molecule has 0 aliphatic heterocycles. The standard InChI is InChI=1S/C16H14BrFN2O/c1-20-9-13-7-15(2-3-16(13)17)21-10-12-4-11(8-19)5-14(18)6-12/h2-7,20H,9-10H2,1H3. The van der Waals surface area contributed by atoms with Crippen LogP contribution in [0.2, 0.25) is 0 Å². The van der Waals surface area contributed by atoms with Crippen molar-refractivity contribution >= 4 is 15.9 Å². The van der Waals surface area contributed by atoms with Gasteiger partial charge in [-0.2, -0.15) is 5.26 Å². The van der Waals surface area contributed by atoms with Crippen LogP contribution in [-0.2, 0) is 13.2 Å². The summed E-state index contributed by atoms with van der Waals surface area (Å²) in [5.41, 5.74) is 2.00. The summed E-state index contributed by atoms with van der Waals surface area (Å²) < 4.78 is 20.0. The van der Waals surface area contributed by atoms with Gasteiger partial charge in [-0.15, -0.1) is 0 Å². The third-order valence-corrected chi connectivity index (χ3v) is 3.65. The molecular formula is C16H14BrFN2O. The SMILES string of the molecule is CNCc1cc(OCc2cc(F)cc(C#N)c2)ccc1Br. The van der Waals surface area contributed by atoms with E-state index in [1.807, 2.05) is 31.3 Å². The summed E-state index contributed by atoms with van der Waals surface area (Å²) in [6.45, 7) is 0.934. The Morgan fingerprint density at radius 2 is 2.10 bits per heavy atom. The Morgan fingerprint density at radius 3 is 2.81 bits per heavy atom. The molecule has 0 saturated carbocycles. The molecular weight excluding hydrogens is 335 g/mol. The highest BCUT2D eigenvalue weighted by atomic mass is 79.9. The van der Waals surface area contributed by atoms with Gasteiger partial charge in [-0.25, -0.2) is 4.39 Å². The van der Waals surface area contributed by atoms with Crippen molar-refractivity contribution in [3.05, 3.63) is 63.4 Å². The highest BCUT2D eigenvalue weighted by Crippen LogP contribution is 2.23. The fraction of sp³-hybridized carbons (Fsp3) is 0.188. The maximum atomic E-state index is 13.3. The third kappa shape index (κ3) is 4.28. The second-order valence-electron chi connectivity index (χ2n) is 4.53. The number of benzene rings is 2. The topological polar surface area (TPSA) is 45.0 Å². The largest absolute Gasteiger partial charge is 0.489 e. The van der Waals surface area contributed by atoms with Gasteiger partial charge in [-0.1, -0.05) is 15.9 Å². The molecule has 0 saturated heterocycles. The molecule has 0 amide bonds. The Balaban J connectivity index is 2.11. The van der Waals surface area contributed by atoms with Gasteiger partial charge in [0.1, 0.15) is 18.2 Å². The minimum Gasteiger partial charge on any atom is -0.489 e. The summed E-state index contributed by atoms with van der Waals surface area (Å²) in [5.74, 6) is 0.269. The first-order chi connectivity index (χ1) is 10.1. The van der Waals surface area contributed by atoms with Crippen molar-refractivity contribution in [1.29, 1.82) is 5.26 Å². The van der Waals surface area contributed by atoms with Crippen LogP contribution in [0.4, 0.5) is 4.39 Å². The van der Waals surface area contributed by atoms with Crippen molar-refractivity contribution in [1.82, 2.24) is 5.32 Å². The molecule has 0 spiro atoms. The molecule has 0 heterocycles. The molecule has 0 aromatic heterocycles. The molecule has 0 radical (unpaired) electrons. The number of hydrogen-bond donors (Lipinski definition) is 1. The number of nitriles is 1. The fourth-order valence-electron chi connectivity index (χ4n) is 1.93. The number of nitrogens with zero attached hydrogens (tertiary/aromatic N) is 1. The van der Waals surface area contributed by atoms with Gasteiger partial charge >= 0.3 is 0 Å². The van der Waals surface area contributed by atoms with E-state index in [0.29, 0.717) is 16.9 Å². The van der Waals surface area contributed by atoms with E-state index >= 15 is 0 Å². The Labute approximate surface area is 131 Å². The Kier molecular flexibility index (Phi) is 5.32. The third-order valence-electron chi connectivity index (χ3n) is 2.88. The zero-order valence-corrected chi connectivity index (χ0v) is 13.1. The summed E-state index contributed by atoms with van der Waals surface area (Å²) in [6, 6.07) is 11.8. The monoisotopic (exact) mass is 348 g/mol. The van der Waals surface area contributed by atoms with Gasteiger partial charge in [0.2, 0.25) is 0 Å². The molecule has 2 aromatic rings. The fourth-order valence-corrected chi connectivity index (χ4v) is 2.32. The van der Waals surface area contributed by atoms with Crippen LogP contribution in [0.1, 0.15) is 16.7 Å². The molecule has 0 atom stereocenters. The summed E-state index contributed by atoms with van der Waals surface area (Å²) in [4.78, 5) is 0. The normalized spacial score (nSPS) is 10.2. The molecule has 2 aromatic carbocycles. The van der Waals surface area contributed by atoms with E-state index in [1.54, 1.807) is 6.07 Å². The van der Waals surface area contributed by atoms with Crippen LogP contribution in [0.25, 0.3) is 0 Å². The molecule has 2 rings (SSSR count). The van der Waals surface area contributed by atoms with Crippen molar-refractivity contribution < 1.29 is 9.13 Å². The Morgan fingerprint density at radius 1 is 1.29 bits per heavy atom. The Hall–Kier alpha value is -1.90. The highest BCUT2D eigenvalue weighted by Gasteiger charge is 2.04. The molecule has 5 heteroatoms. The van der Waals surface area contributed by atoms with E-state index in [1.165, 1.54) is 12.1 Å². The van der Waals surface area contributed by atoms with Gasteiger partial charge in [0.05, 0.1) is 11.6 Å². The zero-order chi connectivity index (χ0) is 15.2. The second-order valence-corrected chi connectivity index (χ2v) is 5.39. The number of nitrogens with one attached hydrogen (secondary N) is 1. The van der Waals surface area contributed by atoms with Crippen LogP contribution >= 0.6 is 15.9 Å². The zero-order valence-electron chi connectivity index (χ0n) is 11.5. The van der Waals surface area contributed by atoms with Crippen LogP contribution in [0.3, 0.4) is 0 Å². The summed E-state index contributed by atoms with van der Waals surface area (Å²) in [7, 11) is 1.87. The summed E-state index contributed by atoms with van der Waals surface area (Å²) in [6.07, 6.45) is 0. The van der Waals surface area contributed by atoms with E-state index in [0.717, 1.165) is 16.6 Å². The smallest absolute Gasteiger partial charge is 0.124 e. The minimum absolute atomic E-state index is 0.215. The van der Waals surface area contributed by atoms with Gasteiger partial charge in [-0.05, 0) is 54.6 Å². The molecule has 0 fully saturated rings. The average Bonchev–Trinajstić information content (AvgIpc) is 2.47. The van der Waals surface area contributed by atoms with Crippen LogP contribution in [0.5, 0.6) is 5.75 Å². The van der Waals surface area contributed by atoms with E-state index in [9.17, 15) is 4.39 Å². The molecule has 108 valence electrons. The molecule has 0 bridgehead atoms. The first kappa shape index (κ1) is 15.5. The van der Waals surface area contributed by atoms with Gasteiger partial charge in [-0.3, -0.25) is 0 Å². The van der Waals surface area contributed by atoms with Gasteiger partial charge in [0.25, 0.3) is 0 Å². The Bertz CT molecular complexity index is 682. The lowest BCUT2D eigenvalue weighted by atomic mass is 10.1. The van der Waals surface area contributed by atoms with Crippen molar-refractivity contribution in [2.75, 3.05) is 7.05 Å². The van der Waals surface area contributed by atoms with E-state index in [-0.39, 0.29) is 6.61 Å². The lowest BCUT2D eigenvalue weighted by Crippen LogP contribution is -2.06. The average molecular weight is 349 g/mol. The first-order valence-electron chi connectivity index (χ1n) is 6.38. The number of hydrogen-bond acceptors (Lipinski definition) is 3. The van der Waals surface area contributed by atoms with Gasteiger partial charge < -0.3 is 10.1 Å². The first-order valence-corrected chi connectivity index (χ1v) is 7.17. The summed E-state index contributed by atoms with van der Waals surface area (Å²) in [5, 5.41) is 11.9. The van der Waals surface area contributed by atoms with Crippen molar-refractivity contribution in [2.24, 2.45) is 0 Å². The van der Waals surface area contributed by atoms with Crippen LogP contribution in [0.15, 0.2) is 40.9 Å². The molecule has 21 heavy (non-hydrogen) atoms. The maximum Gasteiger partial charge on any atom is 0.124 e. The van der Waals surface area contributed by atoms with Crippen LogP contribution in [-0.4, -0.2) is 7.05 Å². The second kappa shape index (κ2) is 7.21. The van der Waals surface area contributed by atoms with Gasteiger partial charge in [0.15, 0.2) is 0 Å². The maximum absolute atomic E-state index is 13.3. The van der Waals surface area contributed by atoms with E-state index in [4.69, 9.17) is 10.00 Å². The van der Waals surface area contributed by atoms with Crippen LogP contribution < -0.4 is 10.1 Å². The predicted molar refractivity (Wildman–Crippen MR) is 82.4 cm³/mol. The van der Waals surface area contributed by atoms with E-state index in [2.05, 4.69) is 21.2 Å². The predicted octanol–water partition coefficient (Wildman–Crippen LogP) is 3.76. The highest BCUT2D eigenvalue weighted by molar-refractivity contribution is 9.10. The molecule has 0 aliphatic rings. The van der Waals surface area contributed by atoms with Crippen LogP contribution in [0, 0.1) is 17.1 Å². The molecule has 1 N–H and O–H groups in total. The lowest BCUT2D eigenvalue weighted by molar-refractivity contribution is 0.305. The number of rotatable bonds is 5. The molecule has 0 aliphatic carbocycles. The van der Waals surface area contributed by atoms with Crippen molar-refractivity contribution in [3.8, 4) is 11.8 Å². The minimum atomic E-state index is -0.431. The quantitative estimate of drug-likeness (QED) is 0.894. The summed E-state index contributed by atoms with van der Waals surface area (Å²) >= 11 is 3.47. The van der Waals surface area contributed by atoms with Crippen molar-refractivity contribution in [3.63, 3.8) is 0 Å². The van der Waals surface area contributed by atoms with Crippen molar-refractivity contribution in [2.45, 2.75) is 13.2 Å². The lowest BCUT2D eigenvalue weighted by Gasteiger charge is -2.10. The van der Waals surface area contributed by atoms with E-state index < -0.39 is 5.82 Å². The number of ether oxygens (including phenoxy) is 1. The number of halogens is 2. The van der Waals surface area contributed by atoms with Gasteiger partial charge in [0, 0.05) is 11.0 Å².